The number of nitro benzene ring substituents is 1. The van der Waals surface area contributed by atoms with Crippen LogP contribution in [-0.4, -0.2) is 17.5 Å². The summed E-state index contributed by atoms with van der Waals surface area (Å²) in [7, 11) is 0. The summed E-state index contributed by atoms with van der Waals surface area (Å²) in [6.07, 6.45) is 0. The van der Waals surface area contributed by atoms with Crippen LogP contribution in [0.1, 0.15) is 17.3 Å². The largest absolute Gasteiger partial charge is 0.462 e. The van der Waals surface area contributed by atoms with E-state index in [1.165, 1.54) is 18.2 Å². The molecule has 0 radical (unpaired) electrons. The number of hydrogen-bond donors (Lipinski definition) is 0. The Kier molecular flexibility index (Phi) is 5.60. The van der Waals surface area contributed by atoms with Gasteiger partial charge in [0.2, 0.25) is 5.75 Å². The van der Waals surface area contributed by atoms with E-state index in [0.717, 1.165) is 5.56 Å². The molecule has 1 aromatic heterocycles. The number of hydrogen-bond acceptors (Lipinski definition) is 6. The van der Waals surface area contributed by atoms with Crippen molar-refractivity contribution in [2.45, 2.75) is 6.92 Å². The molecule has 4 rings (SSSR count). The average molecular weight is 438 g/mol. The van der Waals surface area contributed by atoms with Gasteiger partial charge < -0.3 is 13.9 Å². The Morgan fingerprint density at radius 1 is 1.10 bits per heavy atom. The van der Waals surface area contributed by atoms with Crippen molar-refractivity contribution in [1.82, 2.24) is 0 Å². The molecular formula is C23H16ClNO6. The molecule has 1 heterocycles. The maximum absolute atomic E-state index is 12.7. The molecule has 7 nitrogen and oxygen atoms in total. The van der Waals surface area contributed by atoms with Crippen molar-refractivity contribution in [3.05, 3.63) is 87.4 Å². The summed E-state index contributed by atoms with van der Waals surface area (Å²) in [5.74, 6) is 0.167. The molecule has 0 atom stereocenters. The smallest absolute Gasteiger partial charge is 0.342 e. The highest BCUT2D eigenvalue weighted by molar-refractivity contribution is 6.30. The highest BCUT2D eigenvalue weighted by Crippen LogP contribution is 2.38. The number of ether oxygens (including phenoxy) is 2. The molecule has 0 unspecified atom stereocenters. The first-order valence-electron chi connectivity index (χ1n) is 9.39. The van der Waals surface area contributed by atoms with Crippen LogP contribution in [0.5, 0.6) is 11.5 Å². The number of esters is 1. The Morgan fingerprint density at radius 3 is 2.58 bits per heavy atom. The van der Waals surface area contributed by atoms with Crippen molar-refractivity contribution in [3.8, 4) is 22.8 Å². The second-order valence-electron chi connectivity index (χ2n) is 6.52. The summed E-state index contributed by atoms with van der Waals surface area (Å²) < 4.78 is 16.9. The van der Waals surface area contributed by atoms with Gasteiger partial charge in [-0.15, -0.1) is 0 Å². The van der Waals surface area contributed by atoms with E-state index < -0.39 is 10.9 Å². The Bertz CT molecular complexity index is 1280. The lowest BCUT2D eigenvalue weighted by molar-refractivity contribution is -0.385. The predicted octanol–water partition coefficient (Wildman–Crippen LogP) is 6.63. The average Bonchev–Trinajstić information content (AvgIpc) is 3.14. The van der Waals surface area contributed by atoms with Crippen molar-refractivity contribution >= 4 is 34.2 Å². The molecule has 156 valence electrons. The molecular weight excluding hydrogens is 422 g/mol. The number of furan rings is 1. The quantitative estimate of drug-likeness (QED) is 0.191. The van der Waals surface area contributed by atoms with Crippen LogP contribution in [0.25, 0.3) is 22.3 Å². The Balaban J connectivity index is 1.83. The SMILES string of the molecule is CCOC(=O)c1c(-c2ccccc2)oc2ccc(Oc3ccc(Cl)cc3[N+](=O)[O-])cc12. The van der Waals surface area contributed by atoms with Crippen LogP contribution in [0.4, 0.5) is 5.69 Å². The van der Waals surface area contributed by atoms with Gasteiger partial charge in [-0.25, -0.2) is 4.79 Å². The summed E-state index contributed by atoms with van der Waals surface area (Å²) >= 11 is 5.86. The minimum Gasteiger partial charge on any atom is -0.462 e. The normalized spacial score (nSPS) is 10.8. The monoisotopic (exact) mass is 437 g/mol. The van der Waals surface area contributed by atoms with Gasteiger partial charge in [0.15, 0.2) is 0 Å². The molecule has 0 aliphatic carbocycles. The molecule has 31 heavy (non-hydrogen) atoms. The minimum atomic E-state index is -0.574. The van der Waals surface area contributed by atoms with E-state index >= 15 is 0 Å². The lowest BCUT2D eigenvalue weighted by Crippen LogP contribution is -2.05. The van der Waals surface area contributed by atoms with Crippen LogP contribution in [0.2, 0.25) is 5.02 Å². The molecule has 0 N–H and O–H groups in total. The van der Waals surface area contributed by atoms with Gasteiger partial charge >= 0.3 is 11.7 Å². The van der Waals surface area contributed by atoms with Crippen LogP contribution in [0.15, 0.2) is 71.1 Å². The van der Waals surface area contributed by atoms with Gasteiger partial charge in [0.25, 0.3) is 0 Å². The van der Waals surface area contributed by atoms with Crippen LogP contribution in [0.3, 0.4) is 0 Å². The molecule has 0 amide bonds. The van der Waals surface area contributed by atoms with Crippen LogP contribution in [0, 0.1) is 10.1 Å². The fourth-order valence-corrected chi connectivity index (χ4v) is 3.35. The molecule has 0 aliphatic rings. The van der Waals surface area contributed by atoms with Gasteiger partial charge in [0, 0.05) is 22.0 Å². The second kappa shape index (κ2) is 8.49. The van der Waals surface area contributed by atoms with Gasteiger partial charge in [-0.3, -0.25) is 10.1 Å². The van der Waals surface area contributed by atoms with Gasteiger partial charge in [-0.05, 0) is 37.3 Å². The van der Waals surface area contributed by atoms with E-state index in [0.29, 0.717) is 22.5 Å². The first-order chi connectivity index (χ1) is 15.0. The summed E-state index contributed by atoms with van der Waals surface area (Å²) in [6, 6.07) is 18.2. The van der Waals surface area contributed by atoms with Crippen molar-refractivity contribution < 1.29 is 23.6 Å². The van der Waals surface area contributed by atoms with Gasteiger partial charge in [-0.1, -0.05) is 41.9 Å². The highest BCUT2D eigenvalue weighted by Gasteiger charge is 2.24. The third-order valence-electron chi connectivity index (χ3n) is 4.52. The van der Waals surface area contributed by atoms with Gasteiger partial charge in [0.05, 0.1) is 11.5 Å². The molecule has 4 aromatic rings. The molecule has 8 heteroatoms. The van der Waals surface area contributed by atoms with Crippen LogP contribution >= 0.6 is 11.6 Å². The summed E-state index contributed by atoms with van der Waals surface area (Å²) in [6.45, 7) is 1.92. The standard InChI is InChI=1S/C23H16ClNO6/c1-2-29-23(26)21-17-13-16(30-20-10-8-15(24)12-18(20)25(27)28)9-11-19(17)31-22(21)14-6-4-3-5-7-14/h3-13H,2H2,1H3. The number of benzene rings is 3. The van der Waals surface area contributed by atoms with E-state index in [9.17, 15) is 14.9 Å². The van der Waals surface area contributed by atoms with Crippen molar-refractivity contribution in [2.75, 3.05) is 6.61 Å². The Labute approximate surface area is 181 Å². The van der Waals surface area contributed by atoms with Crippen molar-refractivity contribution in [3.63, 3.8) is 0 Å². The van der Waals surface area contributed by atoms with Crippen molar-refractivity contribution in [1.29, 1.82) is 0 Å². The second-order valence-corrected chi connectivity index (χ2v) is 6.96. The van der Waals surface area contributed by atoms with Gasteiger partial charge in [-0.2, -0.15) is 0 Å². The molecule has 0 bridgehead atoms. The summed E-state index contributed by atoms with van der Waals surface area (Å²) in [5, 5.41) is 12.0. The number of carbonyl (C=O) groups excluding carboxylic acids is 1. The summed E-state index contributed by atoms with van der Waals surface area (Å²) in [4.78, 5) is 23.5. The van der Waals surface area contributed by atoms with E-state index in [1.807, 2.05) is 30.3 Å². The zero-order valence-corrected chi connectivity index (χ0v) is 17.1. The molecule has 0 aliphatic heterocycles. The number of carbonyl (C=O) groups is 1. The first kappa shape index (κ1) is 20.4. The highest BCUT2D eigenvalue weighted by atomic mass is 35.5. The molecule has 0 saturated heterocycles. The zero-order valence-electron chi connectivity index (χ0n) is 16.3. The van der Waals surface area contributed by atoms with Crippen LogP contribution < -0.4 is 4.74 Å². The fraction of sp³-hybridized carbons (Fsp3) is 0.0870. The van der Waals surface area contributed by atoms with E-state index in [-0.39, 0.29) is 28.6 Å². The lowest BCUT2D eigenvalue weighted by atomic mass is 10.1. The number of nitrogens with zero attached hydrogens (tertiary/aromatic N) is 1. The van der Waals surface area contributed by atoms with Crippen molar-refractivity contribution in [2.24, 2.45) is 0 Å². The van der Waals surface area contributed by atoms with E-state index in [2.05, 4.69) is 0 Å². The Morgan fingerprint density at radius 2 is 1.87 bits per heavy atom. The maximum Gasteiger partial charge on any atom is 0.342 e. The molecule has 0 spiro atoms. The fourth-order valence-electron chi connectivity index (χ4n) is 3.19. The van der Waals surface area contributed by atoms with Gasteiger partial charge in [0.1, 0.15) is 22.7 Å². The van der Waals surface area contributed by atoms with E-state index in [4.69, 9.17) is 25.5 Å². The number of nitro groups is 1. The lowest BCUT2D eigenvalue weighted by Gasteiger charge is -2.07. The number of rotatable bonds is 6. The maximum atomic E-state index is 12.7. The molecule has 3 aromatic carbocycles. The number of fused-ring (bicyclic) bond motifs is 1. The Hall–Kier alpha value is -3.84. The summed E-state index contributed by atoms with van der Waals surface area (Å²) in [5.41, 5.74) is 1.17. The predicted molar refractivity (Wildman–Crippen MR) is 116 cm³/mol. The third-order valence-corrected chi connectivity index (χ3v) is 4.76. The number of halogens is 1. The third kappa shape index (κ3) is 4.08. The molecule has 0 saturated carbocycles. The minimum absolute atomic E-state index is 0.0261. The first-order valence-corrected chi connectivity index (χ1v) is 9.76. The van der Waals surface area contributed by atoms with E-state index in [1.54, 1.807) is 25.1 Å². The van der Waals surface area contributed by atoms with Crippen LogP contribution in [-0.2, 0) is 4.74 Å². The zero-order chi connectivity index (χ0) is 22.0. The molecule has 0 fully saturated rings. The topological polar surface area (TPSA) is 91.8 Å².